The van der Waals surface area contributed by atoms with E-state index in [-0.39, 0.29) is 10.8 Å². The Kier molecular flexibility index (Phi) is 6.03. The Balaban J connectivity index is 1.88. The Hall–Kier alpha value is -2.35. The molecule has 0 saturated carbocycles. The molecule has 6 nitrogen and oxygen atoms in total. The molecule has 9 heteroatoms. The maximum Gasteiger partial charge on any atom is 0.166 e. The molecule has 1 unspecified atom stereocenters. The zero-order valence-electron chi connectivity index (χ0n) is 16.2. The van der Waals surface area contributed by atoms with E-state index in [0.717, 1.165) is 11.1 Å². The molecule has 0 bridgehead atoms. The number of aliphatic hydroxyl groups is 1. The highest BCUT2D eigenvalue weighted by Gasteiger charge is 2.20. The van der Waals surface area contributed by atoms with Gasteiger partial charge in [0.25, 0.3) is 0 Å². The highest BCUT2D eigenvalue weighted by Crippen LogP contribution is 2.36. The first-order valence-corrected chi connectivity index (χ1v) is 9.61. The third-order valence-corrected chi connectivity index (χ3v) is 4.90. The van der Waals surface area contributed by atoms with Crippen molar-refractivity contribution < 1.29 is 14.2 Å². The van der Waals surface area contributed by atoms with E-state index in [2.05, 4.69) is 10.1 Å². The van der Waals surface area contributed by atoms with Crippen molar-refractivity contribution >= 4 is 29.0 Å². The second-order valence-corrected chi connectivity index (χ2v) is 8.15. The first-order valence-electron chi connectivity index (χ1n) is 8.86. The van der Waals surface area contributed by atoms with E-state index >= 15 is 0 Å². The number of halogens is 3. The number of hydrogen-bond donors (Lipinski definition) is 2. The van der Waals surface area contributed by atoms with Crippen molar-refractivity contribution in [3.63, 3.8) is 0 Å². The molecule has 0 spiro atoms. The van der Waals surface area contributed by atoms with Gasteiger partial charge in [-0.1, -0.05) is 23.2 Å². The molecule has 1 atom stereocenters. The number of pyridine rings is 1. The molecular weight excluding hydrogens is 418 g/mol. The second-order valence-electron chi connectivity index (χ2n) is 7.36. The fraction of sp³-hybridized carbons (Fsp3) is 0.300. The van der Waals surface area contributed by atoms with Gasteiger partial charge in [-0.05, 0) is 39.0 Å². The fourth-order valence-corrected chi connectivity index (χ4v) is 3.55. The van der Waals surface area contributed by atoms with Crippen LogP contribution in [0.2, 0.25) is 10.0 Å². The summed E-state index contributed by atoms with van der Waals surface area (Å²) in [7, 11) is 0. The van der Waals surface area contributed by atoms with Crippen molar-refractivity contribution in [2.75, 3.05) is 5.73 Å². The average molecular weight is 439 g/mol. The van der Waals surface area contributed by atoms with E-state index in [1.165, 1.54) is 12.1 Å². The summed E-state index contributed by atoms with van der Waals surface area (Å²) in [5.41, 5.74) is 6.90. The van der Waals surface area contributed by atoms with Crippen molar-refractivity contribution in [3.05, 3.63) is 58.2 Å². The number of nitrogen functional groups attached to an aromatic ring is 1. The van der Waals surface area contributed by atoms with E-state index < -0.39 is 17.5 Å². The van der Waals surface area contributed by atoms with Crippen LogP contribution in [-0.2, 0) is 6.54 Å². The number of anilines is 1. The fourth-order valence-electron chi connectivity index (χ4n) is 2.87. The van der Waals surface area contributed by atoms with E-state index in [9.17, 15) is 9.50 Å². The van der Waals surface area contributed by atoms with Gasteiger partial charge in [0.05, 0.1) is 23.4 Å². The van der Waals surface area contributed by atoms with Crippen LogP contribution in [-0.4, -0.2) is 25.5 Å². The van der Waals surface area contributed by atoms with Gasteiger partial charge in [-0.2, -0.15) is 5.10 Å². The van der Waals surface area contributed by atoms with Crippen LogP contribution in [0.25, 0.3) is 11.1 Å². The summed E-state index contributed by atoms with van der Waals surface area (Å²) in [6, 6.07) is 4.33. The van der Waals surface area contributed by atoms with Gasteiger partial charge in [0.15, 0.2) is 11.6 Å². The number of nitrogens with two attached hydrogens (primary N) is 1. The molecule has 1 aromatic carbocycles. The lowest BCUT2D eigenvalue weighted by atomic mass is 10.1. The number of benzene rings is 1. The lowest BCUT2D eigenvalue weighted by molar-refractivity contribution is 0.0577. The first-order chi connectivity index (χ1) is 13.5. The molecule has 2 aromatic heterocycles. The summed E-state index contributed by atoms with van der Waals surface area (Å²) >= 11 is 12.2. The molecule has 3 rings (SSSR count). The molecule has 3 aromatic rings. The molecule has 0 saturated heterocycles. The molecule has 154 valence electrons. The largest absolute Gasteiger partial charge is 0.482 e. The Morgan fingerprint density at radius 3 is 2.69 bits per heavy atom. The minimum Gasteiger partial charge on any atom is -0.482 e. The quantitative estimate of drug-likeness (QED) is 0.535. The summed E-state index contributed by atoms with van der Waals surface area (Å²) in [6.07, 6.45) is 4.38. The van der Waals surface area contributed by atoms with Gasteiger partial charge < -0.3 is 15.6 Å². The lowest BCUT2D eigenvalue weighted by Gasteiger charge is -2.19. The Morgan fingerprint density at radius 1 is 1.28 bits per heavy atom. The van der Waals surface area contributed by atoms with E-state index in [4.69, 9.17) is 33.7 Å². The topological polar surface area (TPSA) is 86.2 Å². The number of nitrogens with zero attached hydrogens (tertiary/aromatic N) is 3. The maximum atomic E-state index is 13.8. The van der Waals surface area contributed by atoms with Crippen molar-refractivity contribution in [3.8, 4) is 16.9 Å². The summed E-state index contributed by atoms with van der Waals surface area (Å²) < 4.78 is 21.4. The Morgan fingerprint density at radius 2 is 2.00 bits per heavy atom. The summed E-state index contributed by atoms with van der Waals surface area (Å²) in [5.74, 6) is -0.102. The monoisotopic (exact) mass is 438 g/mol. The number of hydrogen-bond acceptors (Lipinski definition) is 5. The van der Waals surface area contributed by atoms with Gasteiger partial charge in [0.1, 0.15) is 11.9 Å². The minimum absolute atomic E-state index is 0.0967. The van der Waals surface area contributed by atoms with E-state index in [1.54, 1.807) is 50.1 Å². The zero-order valence-corrected chi connectivity index (χ0v) is 17.7. The molecule has 29 heavy (non-hydrogen) atoms. The third kappa shape index (κ3) is 4.98. The van der Waals surface area contributed by atoms with Crippen LogP contribution >= 0.6 is 23.2 Å². The van der Waals surface area contributed by atoms with Gasteiger partial charge in [-0.25, -0.2) is 9.37 Å². The van der Waals surface area contributed by atoms with Crippen LogP contribution < -0.4 is 10.5 Å². The van der Waals surface area contributed by atoms with Crippen molar-refractivity contribution in [1.29, 1.82) is 0 Å². The molecule has 0 amide bonds. The molecule has 0 aliphatic heterocycles. The standard InChI is InChI=1S/C20H21Cl2FN4O2/c1-11(17-14(21)4-5-15(23)18(17)22)29-16-6-12(7-25-19(16)24)13-8-26-27(9-13)10-20(2,3)28/h4-9,11,28H,10H2,1-3H3,(H2,24,25). The van der Waals surface area contributed by atoms with Crippen LogP contribution in [0, 0.1) is 5.82 Å². The second kappa shape index (κ2) is 8.18. The van der Waals surface area contributed by atoms with Crippen molar-refractivity contribution in [1.82, 2.24) is 14.8 Å². The molecule has 0 radical (unpaired) electrons. The van der Waals surface area contributed by atoms with Crippen LogP contribution in [0.15, 0.2) is 36.8 Å². The summed E-state index contributed by atoms with van der Waals surface area (Å²) in [5, 5.41) is 14.4. The van der Waals surface area contributed by atoms with Gasteiger partial charge in [0.2, 0.25) is 0 Å². The molecule has 2 heterocycles. The van der Waals surface area contributed by atoms with Gasteiger partial charge in [-0.15, -0.1) is 0 Å². The highest BCUT2D eigenvalue weighted by atomic mass is 35.5. The van der Waals surface area contributed by atoms with E-state index in [1.807, 2.05) is 0 Å². The predicted octanol–water partition coefficient (Wildman–Crippen LogP) is 4.88. The molecular formula is C20H21Cl2FN4O2. The first kappa shape index (κ1) is 21.4. The Bertz CT molecular complexity index is 1030. The van der Waals surface area contributed by atoms with Gasteiger partial charge in [0, 0.05) is 34.1 Å². The van der Waals surface area contributed by atoms with Crippen molar-refractivity contribution in [2.24, 2.45) is 0 Å². The van der Waals surface area contributed by atoms with Gasteiger partial charge in [-0.3, -0.25) is 4.68 Å². The van der Waals surface area contributed by atoms with Crippen molar-refractivity contribution in [2.45, 2.75) is 39.0 Å². The highest BCUT2D eigenvalue weighted by molar-refractivity contribution is 6.36. The normalized spacial score (nSPS) is 12.8. The number of ether oxygens (including phenoxy) is 1. The average Bonchev–Trinajstić information content (AvgIpc) is 3.07. The predicted molar refractivity (Wildman–Crippen MR) is 112 cm³/mol. The van der Waals surface area contributed by atoms with E-state index in [0.29, 0.717) is 22.9 Å². The van der Waals surface area contributed by atoms with Gasteiger partial charge >= 0.3 is 0 Å². The lowest BCUT2D eigenvalue weighted by Crippen LogP contribution is -2.26. The Labute approximate surface area is 178 Å². The molecule has 0 aliphatic carbocycles. The molecule has 3 N–H and O–H groups in total. The number of aromatic nitrogens is 3. The zero-order chi connectivity index (χ0) is 21.3. The smallest absolute Gasteiger partial charge is 0.166 e. The maximum absolute atomic E-state index is 13.8. The SMILES string of the molecule is CC(Oc1cc(-c2cnn(CC(C)(C)O)c2)cnc1N)c1c(Cl)ccc(F)c1Cl. The third-order valence-electron chi connectivity index (χ3n) is 4.19. The van der Waals surface area contributed by atoms with Crippen LogP contribution in [0.5, 0.6) is 5.75 Å². The van der Waals surface area contributed by atoms with Crippen LogP contribution in [0.1, 0.15) is 32.4 Å². The number of rotatable bonds is 6. The summed E-state index contributed by atoms with van der Waals surface area (Å²) in [4.78, 5) is 4.17. The van der Waals surface area contributed by atoms with Crippen LogP contribution in [0.4, 0.5) is 10.2 Å². The van der Waals surface area contributed by atoms with Crippen LogP contribution in [0.3, 0.4) is 0 Å². The summed E-state index contributed by atoms with van der Waals surface area (Å²) in [6.45, 7) is 5.44. The molecule has 0 aliphatic rings. The molecule has 0 fully saturated rings. The minimum atomic E-state index is -0.893.